The quantitative estimate of drug-likeness (QED) is 0.651. The van der Waals surface area contributed by atoms with Crippen LogP contribution in [0.1, 0.15) is 20.8 Å². The summed E-state index contributed by atoms with van der Waals surface area (Å²) in [6, 6.07) is 0. The van der Waals surface area contributed by atoms with E-state index < -0.39 is 8.56 Å². The van der Waals surface area contributed by atoms with Crippen molar-refractivity contribution in [2.45, 2.75) is 33.0 Å². The maximum Gasteiger partial charge on any atom is 0.387 e. The van der Waals surface area contributed by atoms with Crippen LogP contribution in [-0.2, 0) is 9.22 Å². The van der Waals surface area contributed by atoms with Gasteiger partial charge in [0.15, 0.2) is 0 Å². The van der Waals surface area contributed by atoms with Gasteiger partial charge in [-0.3, -0.25) is 4.80 Å². The summed E-state index contributed by atoms with van der Waals surface area (Å²) < 4.78 is 5.11. The fourth-order valence-corrected chi connectivity index (χ4v) is 2.96. The number of hydrogen-bond donors (Lipinski definition) is 1. The fraction of sp³-hybridized carbons (Fsp3) is 1.00. The van der Waals surface area contributed by atoms with Crippen LogP contribution in [0.2, 0.25) is 6.55 Å². The molecule has 0 heterocycles. The highest BCUT2D eigenvalue weighted by Gasteiger charge is 2.38. The largest absolute Gasteiger partial charge is 0.392 e. The minimum atomic E-state index is -2.84. The molecule has 3 nitrogen and oxygen atoms in total. The minimum absolute atomic E-state index is 0.218. The summed E-state index contributed by atoms with van der Waals surface area (Å²) >= 11 is 0. The lowest BCUT2D eigenvalue weighted by Gasteiger charge is -2.26. The van der Waals surface area contributed by atoms with Gasteiger partial charge in [0.2, 0.25) is 0 Å². The van der Waals surface area contributed by atoms with Crippen molar-refractivity contribution >= 4 is 8.56 Å². The molecule has 2 atom stereocenters. The molecule has 2 N–H and O–H groups in total. The van der Waals surface area contributed by atoms with Crippen LogP contribution >= 0.6 is 0 Å². The Morgan fingerprint density at radius 1 is 1.55 bits per heavy atom. The highest BCUT2D eigenvalue weighted by Crippen LogP contribution is 2.12. The first-order valence-electron chi connectivity index (χ1n) is 4.01. The average molecular weight is 176 g/mol. The van der Waals surface area contributed by atoms with E-state index >= 15 is 0 Å². The molecule has 0 aliphatic carbocycles. The molecule has 0 saturated carbocycles. The first-order valence-corrected chi connectivity index (χ1v) is 6.41. The highest BCUT2D eigenvalue weighted by molar-refractivity contribution is 6.66. The van der Waals surface area contributed by atoms with Crippen molar-refractivity contribution in [1.29, 1.82) is 0 Å². The predicted molar refractivity (Wildman–Crippen MR) is 46.7 cm³/mol. The molecule has 4 heteroatoms. The van der Waals surface area contributed by atoms with Gasteiger partial charge in [0.05, 0.1) is 5.67 Å². The third kappa shape index (κ3) is 3.33. The van der Waals surface area contributed by atoms with Crippen molar-refractivity contribution in [3.05, 3.63) is 0 Å². The molecular weight excluding hydrogens is 158 g/mol. The molecule has 1 radical (unpaired) electrons. The fourth-order valence-electron chi connectivity index (χ4n) is 0.988. The summed E-state index contributed by atoms with van der Waals surface area (Å²) in [4.78, 5) is 11.6. The van der Waals surface area contributed by atoms with Gasteiger partial charge in [0.25, 0.3) is 0 Å². The van der Waals surface area contributed by atoms with Crippen molar-refractivity contribution < 1.29 is 9.22 Å². The van der Waals surface area contributed by atoms with E-state index in [0.29, 0.717) is 6.61 Å². The van der Waals surface area contributed by atoms with Crippen LogP contribution in [0.4, 0.5) is 0 Å². The molecule has 0 aromatic heterocycles. The van der Waals surface area contributed by atoms with Crippen LogP contribution < -0.4 is 5.73 Å². The molecule has 0 aliphatic heterocycles. The Hall–Kier alpha value is 0.0969. The average Bonchev–Trinajstić information content (AvgIpc) is 1.86. The van der Waals surface area contributed by atoms with Crippen LogP contribution in [-0.4, -0.2) is 20.8 Å². The summed E-state index contributed by atoms with van der Waals surface area (Å²) in [6.45, 7) is 7.84. The smallest absolute Gasteiger partial charge is 0.387 e. The maximum absolute atomic E-state index is 11.6. The number of rotatable bonds is 4. The molecule has 0 amide bonds. The van der Waals surface area contributed by atoms with E-state index in [9.17, 15) is 4.80 Å². The minimum Gasteiger partial charge on any atom is -0.392 e. The van der Waals surface area contributed by atoms with Gasteiger partial charge in [-0.25, -0.2) is 0 Å². The van der Waals surface area contributed by atoms with Crippen molar-refractivity contribution in [2.24, 2.45) is 11.7 Å². The molecule has 0 aliphatic rings. The van der Waals surface area contributed by atoms with Crippen LogP contribution in [0.5, 0.6) is 0 Å². The monoisotopic (exact) mass is 176 g/mol. The van der Waals surface area contributed by atoms with Crippen LogP contribution in [0.25, 0.3) is 0 Å². The van der Waals surface area contributed by atoms with Gasteiger partial charge in [-0.1, -0.05) is 13.8 Å². The number of hydrogen-bond acceptors (Lipinski definition) is 2. The lowest BCUT2D eigenvalue weighted by molar-refractivity contribution is 0.195. The van der Waals surface area contributed by atoms with Gasteiger partial charge in [-0.2, -0.15) is 0 Å². The molecule has 0 fully saturated rings. The van der Waals surface area contributed by atoms with Gasteiger partial charge in [0, 0.05) is 6.61 Å². The van der Waals surface area contributed by atoms with Crippen molar-refractivity contribution in [2.75, 3.05) is 6.61 Å². The second kappa shape index (κ2) is 4.20. The second-order valence-electron chi connectivity index (χ2n) is 3.22. The Labute approximate surface area is 69.8 Å². The van der Waals surface area contributed by atoms with Gasteiger partial charge >= 0.3 is 8.56 Å². The summed E-state index contributed by atoms with van der Waals surface area (Å²) in [7, 11) is -2.84. The first kappa shape index (κ1) is 11.1. The van der Waals surface area contributed by atoms with Crippen LogP contribution in [0.3, 0.4) is 0 Å². The van der Waals surface area contributed by atoms with Crippen molar-refractivity contribution in [3.8, 4) is 0 Å². The van der Waals surface area contributed by atoms with Gasteiger partial charge < -0.3 is 10.2 Å². The molecule has 0 bridgehead atoms. The third-order valence-corrected chi connectivity index (χ3v) is 4.49. The summed E-state index contributed by atoms with van der Waals surface area (Å²) in [6.07, 6.45) is 0. The molecule has 0 spiro atoms. The third-order valence-electron chi connectivity index (χ3n) is 1.75. The Bertz CT molecular complexity index is 117. The zero-order valence-corrected chi connectivity index (χ0v) is 8.76. The Kier molecular flexibility index (Phi) is 4.24. The lowest BCUT2D eigenvalue weighted by atomic mass is 10.2. The second-order valence-corrected chi connectivity index (χ2v) is 6.21. The topological polar surface area (TPSA) is 55.1 Å². The van der Waals surface area contributed by atoms with Gasteiger partial charge in [-0.15, -0.1) is 0 Å². The van der Waals surface area contributed by atoms with Crippen LogP contribution in [0.15, 0.2) is 0 Å². The maximum atomic E-state index is 11.6. The Balaban J connectivity index is 4.05. The zero-order chi connectivity index (χ0) is 9.07. The molecule has 0 aromatic carbocycles. The summed E-state index contributed by atoms with van der Waals surface area (Å²) in [5, 5.41) is 0. The summed E-state index contributed by atoms with van der Waals surface area (Å²) in [5.74, 6) is 0.218. The zero-order valence-electron chi connectivity index (χ0n) is 7.76. The van der Waals surface area contributed by atoms with E-state index in [1.807, 2.05) is 20.8 Å². The molecule has 0 saturated heterocycles. The molecule has 2 unspecified atom stereocenters. The Morgan fingerprint density at radius 3 is 2.27 bits per heavy atom. The van der Waals surface area contributed by atoms with E-state index in [-0.39, 0.29) is 11.6 Å². The molecular formula is C7H18NO2Si. The van der Waals surface area contributed by atoms with E-state index in [0.717, 1.165) is 0 Å². The van der Waals surface area contributed by atoms with Gasteiger partial charge in [-0.05, 0) is 19.4 Å². The number of nitrogens with two attached hydrogens (primary N) is 1. The Morgan fingerprint density at radius 2 is 2.00 bits per heavy atom. The normalized spacial score (nSPS) is 19.9. The van der Waals surface area contributed by atoms with Gasteiger partial charge in [0.1, 0.15) is 0 Å². The summed E-state index contributed by atoms with van der Waals surface area (Å²) in [5.41, 5.74) is 5.40. The van der Waals surface area contributed by atoms with E-state index in [1.54, 1.807) is 6.55 Å². The van der Waals surface area contributed by atoms with Crippen LogP contribution in [0, 0.1) is 5.92 Å². The predicted octanol–water partition coefficient (Wildman–Crippen LogP) is 1.05. The first-order chi connectivity index (χ1) is 4.91. The molecule has 0 aromatic rings. The SMILES string of the molecule is CCO[Si](C)([O])C(N)C(C)C. The molecule has 0 rings (SSSR count). The molecule has 11 heavy (non-hydrogen) atoms. The van der Waals surface area contributed by atoms with E-state index in [2.05, 4.69) is 0 Å². The molecule has 67 valence electrons. The van der Waals surface area contributed by atoms with E-state index in [4.69, 9.17) is 10.2 Å². The van der Waals surface area contributed by atoms with Crippen molar-refractivity contribution in [1.82, 2.24) is 0 Å². The van der Waals surface area contributed by atoms with E-state index in [1.165, 1.54) is 0 Å². The standard InChI is InChI=1S/C7H18NO2Si/c1-5-10-11(4,9)7(8)6(2)3/h6-7H,5,8H2,1-4H3. The van der Waals surface area contributed by atoms with Crippen molar-refractivity contribution in [3.63, 3.8) is 0 Å². The lowest BCUT2D eigenvalue weighted by Crippen LogP contribution is -2.54. The highest BCUT2D eigenvalue weighted by atomic mass is 28.4.